The van der Waals surface area contributed by atoms with E-state index >= 15 is 0 Å². The van der Waals surface area contributed by atoms with Gasteiger partial charge in [0.1, 0.15) is 5.82 Å². The van der Waals surface area contributed by atoms with Crippen LogP contribution in [0.25, 0.3) is 11.1 Å². The van der Waals surface area contributed by atoms with Crippen LogP contribution in [0.4, 0.5) is 13.2 Å². The lowest BCUT2D eigenvalue weighted by Gasteiger charge is -2.12. The quantitative estimate of drug-likeness (QED) is 0.324. The van der Waals surface area contributed by atoms with Crippen LogP contribution < -0.4 is 0 Å². The third kappa shape index (κ3) is 6.65. The standard InChI is InChI=1S/C17H17F3N4.C4H6O6/c1-3-16-13(7-21-23-16)10-24-9-12(8-22-24)11-4-5-15(18)14(6-11)17(2,19)20;5-1(3(7)8)2(6)4(9)10/h4-9H,3,10H2,1-2H3,(H,21,23);1-2,5-6H,(H,7,8)(H,9,10)/t;1-,2-/m.0/s1. The number of aliphatic carboxylic acids is 2. The van der Waals surface area contributed by atoms with Crippen molar-refractivity contribution in [3.63, 3.8) is 0 Å². The molecule has 0 saturated carbocycles. The van der Waals surface area contributed by atoms with Gasteiger partial charge in [0.25, 0.3) is 5.92 Å². The summed E-state index contributed by atoms with van der Waals surface area (Å²) < 4.78 is 42.3. The van der Waals surface area contributed by atoms with Gasteiger partial charge in [-0.3, -0.25) is 9.78 Å². The fourth-order valence-electron chi connectivity index (χ4n) is 2.87. The second kappa shape index (κ2) is 10.9. The van der Waals surface area contributed by atoms with E-state index in [1.54, 1.807) is 23.3 Å². The highest BCUT2D eigenvalue weighted by Gasteiger charge is 2.29. The minimum absolute atomic E-state index is 0.502. The topological polar surface area (TPSA) is 162 Å². The van der Waals surface area contributed by atoms with Crippen LogP contribution in [0.1, 0.15) is 30.7 Å². The predicted molar refractivity (Wildman–Crippen MR) is 112 cm³/mol. The Morgan fingerprint density at radius 3 is 2.26 bits per heavy atom. The Morgan fingerprint density at radius 1 is 1.12 bits per heavy atom. The zero-order valence-corrected chi connectivity index (χ0v) is 18.1. The Kier molecular flexibility index (Phi) is 8.54. The fraction of sp³-hybridized carbons (Fsp3) is 0.333. The molecule has 0 radical (unpaired) electrons. The molecule has 2 aromatic heterocycles. The van der Waals surface area contributed by atoms with Gasteiger partial charge in [-0.15, -0.1) is 0 Å². The SMILES string of the molecule is CCc1[nH]ncc1Cn1cc(-c2ccc(F)c(C(C)(F)F)c2)cn1.O=C(O)[C@@H](O)[C@H](O)C(=O)O. The van der Waals surface area contributed by atoms with Crippen molar-refractivity contribution in [2.75, 3.05) is 0 Å². The van der Waals surface area contributed by atoms with E-state index in [4.69, 9.17) is 20.4 Å². The summed E-state index contributed by atoms with van der Waals surface area (Å²) in [7, 11) is 0. The third-order valence-corrected chi connectivity index (χ3v) is 4.70. The molecule has 184 valence electrons. The number of H-pyrrole nitrogens is 1. The number of benzene rings is 1. The average molecular weight is 484 g/mol. The number of hydrogen-bond donors (Lipinski definition) is 5. The Hall–Kier alpha value is -3.71. The number of aliphatic hydroxyl groups excluding tert-OH is 2. The zero-order valence-electron chi connectivity index (χ0n) is 18.1. The molecule has 5 N–H and O–H groups in total. The fourth-order valence-corrected chi connectivity index (χ4v) is 2.87. The van der Waals surface area contributed by atoms with Crippen molar-refractivity contribution in [3.05, 3.63) is 59.4 Å². The summed E-state index contributed by atoms with van der Waals surface area (Å²) in [5.41, 5.74) is 2.59. The minimum atomic E-state index is -3.23. The number of nitrogens with one attached hydrogen (secondary N) is 1. The van der Waals surface area contributed by atoms with Crippen molar-refractivity contribution >= 4 is 11.9 Å². The summed E-state index contributed by atoms with van der Waals surface area (Å²) in [5, 5.41) is 43.7. The number of halogens is 3. The molecule has 0 spiro atoms. The minimum Gasteiger partial charge on any atom is -0.479 e. The lowest BCUT2D eigenvalue weighted by molar-refractivity contribution is -0.165. The highest BCUT2D eigenvalue weighted by Crippen LogP contribution is 2.32. The van der Waals surface area contributed by atoms with E-state index in [1.807, 2.05) is 6.92 Å². The normalized spacial score (nSPS) is 13.0. The summed E-state index contributed by atoms with van der Waals surface area (Å²) in [6.45, 7) is 3.23. The lowest BCUT2D eigenvalue weighted by Crippen LogP contribution is -2.39. The van der Waals surface area contributed by atoms with E-state index in [0.717, 1.165) is 23.7 Å². The van der Waals surface area contributed by atoms with E-state index in [1.165, 1.54) is 12.1 Å². The van der Waals surface area contributed by atoms with E-state index in [2.05, 4.69) is 15.3 Å². The highest BCUT2D eigenvalue weighted by atomic mass is 19.3. The monoisotopic (exact) mass is 484 g/mol. The molecule has 0 unspecified atom stereocenters. The predicted octanol–water partition coefficient (Wildman–Crippen LogP) is 2.01. The number of carboxylic acid groups (broad SMARTS) is 2. The van der Waals surface area contributed by atoms with Crippen LogP contribution in [0, 0.1) is 5.82 Å². The average Bonchev–Trinajstić information content (AvgIpc) is 3.42. The Balaban J connectivity index is 0.000000347. The molecule has 1 aromatic carbocycles. The molecule has 0 fully saturated rings. The number of carboxylic acids is 2. The van der Waals surface area contributed by atoms with Crippen LogP contribution in [-0.2, 0) is 28.5 Å². The second-order valence-corrected chi connectivity index (χ2v) is 7.30. The van der Waals surface area contributed by atoms with Crippen LogP contribution in [0.3, 0.4) is 0 Å². The van der Waals surface area contributed by atoms with E-state index < -0.39 is 41.4 Å². The molecule has 0 aliphatic rings. The number of aromatic nitrogens is 4. The van der Waals surface area contributed by atoms with Crippen LogP contribution in [0.15, 0.2) is 36.8 Å². The summed E-state index contributed by atoms with van der Waals surface area (Å²) in [6, 6.07) is 3.71. The zero-order chi connectivity index (χ0) is 25.6. The highest BCUT2D eigenvalue weighted by molar-refractivity contribution is 5.83. The molecule has 0 aliphatic heterocycles. The maximum atomic E-state index is 13.6. The van der Waals surface area contributed by atoms with Crippen molar-refractivity contribution in [3.8, 4) is 11.1 Å². The first-order valence-electron chi connectivity index (χ1n) is 9.88. The largest absolute Gasteiger partial charge is 0.479 e. The number of aryl methyl sites for hydroxylation is 1. The van der Waals surface area contributed by atoms with E-state index in [-0.39, 0.29) is 0 Å². The summed E-state index contributed by atoms with van der Waals surface area (Å²) in [6.07, 6.45) is 1.37. The van der Waals surface area contributed by atoms with Gasteiger partial charge in [-0.05, 0) is 24.1 Å². The molecule has 0 amide bonds. The Morgan fingerprint density at radius 2 is 1.74 bits per heavy atom. The summed E-state index contributed by atoms with van der Waals surface area (Å²) >= 11 is 0. The van der Waals surface area contributed by atoms with Gasteiger partial charge in [0.15, 0.2) is 12.2 Å². The van der Waals surface area contributed by atoms with E-state index in [0.29, 0.717) is 24.6 Å². The van der Waals surface area contributed by atoms with Gasteiger partial charge < -0.3 is 20.4 Å². The number of rotatable bonds is 8. The van der Waals surface area contributed by atoms with Crippen LogP contribution in [0.5, 0.6) is 0 Å². The first kappa shape index (κ1) is 26.5. The molecule has 0 aliphatic carbocycles. The first-order chi connectivity index (χ1) is 15.8. The molecule has 2 atom stereocenters. The van der Waals surface area contributed by atoms with Gasteiger partial charge in [-0.25, -0.2) is 22.8 Å². The molecule has 2 heterocycles. The number of hydrogen-bond acceptors (Lipinski definition) is 6. The van der Waals surface area contributed by atoms with Gasteiger partial charge in [-0.1, -0.05) is 13.0 Å². The third-order valence-electron chi connectivity index (χ3n) is 4.70. The van der Waals surface area contributed by atoms with E-state index in [9.17, 15) is 22.8 Å². The molecule has 3 aromatic rings. The molecule has 10 nitrogen and oxygen atoms in total. The van der Waals surface area contributed by atoms with Crippen molar-refractivity contribution in [2.45, 2.75) is 44.9 Å². The molecule has 3 rings (SSSR count). The lowest BCUT2D eigenvalue weighted by atomic mass is 10.0. The van der Waals surface area contributed by atoms with Crippen molar-refractivity contribution < 1.29 is 43.2 Å². The smallest absolute Gasteiger partial charge is 0.335 e. The number of aliphatic hydroxyl groups is 2. The molecule has 13 heteroatoms. The number of carbonyl (C=O) groups is 2. The summed E-state index contributed by atoms with van der Waals surface area (Å²) in [5.74, 6) is -7.68. The van der Waals surface area contributed by atoms with Gasteiger partial charge in [0.2, 0.25) is 0 Å². The molecular formula is C21H23F3N4O6. The second-order valence-electron chi connectivity index (χ2n) is 7.30. The van der Waals surface area contributed by atoms with Crippen molar-refractivity contribution in [2.24, 2.45) is 0 Å². The first-order valence-corrected chi connectivity index (χ1v) is 9.88. The summed E-state index contributed by atoms with van der Waals surface area (Å²) in [4.78, 5) is 19.5. The number of alkyl halides is 2. The maximum Gasteiger partial charge on any atom is 0.335 e. The molecule has 0 saturated heterocycles. The van der Waals surface area contributed by atoms with Crippen molar-refractivity contribution in [1.29, 1.82) is 0 Å². The molecular weight excluding hydrogens is 461 g/mol. The van der Waals surface area contributed by atoms with Crippen LogP contribution >= 0.6 is 0 Å². The Bertz CT molecular complexity index is 1120. The van der Waals surface area contributed by atoms with Crippen LogP contribution in [-0.4, -0.2) is 64.6 Å². The van der Waals surface area contributed by atoms with Gasteiger partial charge in [0.05, 0.1) is 24.5 Å². The number of nitrogens with zero attached hydrogens (tertiary/aromatic N) is 3. The Labute approximate surface area is 191 Å². The molecule has 0 bridgehead atoms. The van der Waals surface area contributed by atoms with Gasteiger partial charge >= 0.3 is 11.9 Å². The number of aromatic amines is 1. The van der Waals surface area contributed by atoms with Gasteiger partial charge in [-0.2, -0.15) is 10.2 Å². The molecule has 34 heavy (non-hydrogen) atoms. The van der Waals surface area contributed by atoms with Crippen LogP contribution in [0.2, 0.25) is 0 Å². The van der Waals surface area contributed by atoms with Crippen molar-refractivity contribution in [1.82, 2.24) is 20.0 Å². The maximum absolute atomic E-state index is 13.6. The van der Waals surface area contributed by atoms with Gasteiger partial charge in [0, 0.05) is 29.9 Å².